The Kier molecular flexibility index (Phi) is 5.27. The van der Waals surface area contributed by atoms with Crippen LogP contribution in [-0.4, -0.2) is 29.1 Å². The van der Waals surface area contributed by atoms with E-state index in [0.717, 1.165) is 15.7 Å². The predicted octanol–water partition coefficient (Wildman–Crippen LogP) is 4.87. The van der Waals surface area contributed by atoms with E-state index in [2.05, 4.69) is 36.8 Å². The van der Waals surface area contributed by atoms with Gasteiger partial charge in [-0.2, -0.15) is 0 Å². The zero-order chi connectivity index (χ0) is 19.8. The van der Waals surface area contributed by atoms with Gasteiger partial charge in [0, 0.05) is 15.1 Å². The molecule has 0 saturated heterocycles. The minimum Gasteiger partial charge on any atom is -0.469 e. The van der Waals surface area contributed by atoms with Gasteiger partial charge in [0.2, 0.25) is 5.69 Å². The molecule has 2 aromatic carbocycles. The molecule has 28 heavy (non-hydrogen) atoms. The van der Waals surface area contributed by atoms with Gasteiger partial charge in [0.1, 0.15) is 5.69 Å². The second kappa shape index (κ2) is 7.69. The van der Waals surface area contributed by atoms with Crippen LogP contribution < -0.4 is 14.0 Å². The average Bonchev–Trinajstić information content (AvgIpc) is 3.08. The van der Waals surface area contributed by atoms with Gasteiger partial charge in [-0.25, -0.2) is 0 Å². The normalized spacial score (nSPS) is 11.0. The molecule has 4 rings (SSSR count). The molecule has 0 spiro atoms. The van der Waals surface area contributed by atoms with Crippen LogP contribution in [0.2, 0.25) is 5.02 Å². The highest BCUT2D eigenvalue weighted by Crippen LogP contribution is 2.33. The molecule has 0 unspecified atom stereocenters. The molecule has 0 amide bonds. The lowest BCUT2D eigenvalue weighted by Crippen LogP contribution is -2.35. The highest BCUT2D eigenvalue weighted by atomic mass is 79.9. The Labute approximate surface area is 182 Å². The summed E-state index contributed by atoms with van der Waals surface area (Å²) in [7, 11) is 3.15. The first-order valence-electron chi connectivity index (χ1n) is 8.18. The molecule has 0 aliphatic heterocycles. The van der Waals surface area contributed by atoms with E-state index in [0.29, 0.717) is 32.6 Å². The van der Waals surface area contributed by atoms with Crippen molar-refractivity contribution in [3.05, 3.63) is 62.5 Å². The van der Waals surface area contributed by atoms with Crippen LogP contribution in [0.4, 0.5) is 0 Å². The summed E-state index contributed by atoms with van der Waals surface area (Å²) in [4.78, 5) is 6.39. The molecule has 0 N–H and O–H groups in total. The van der Waals surface area contributed by atoms with Crippen LogP contribution in [0.1, 0.15) is 0 Å². The van der Waals surface area contributed by atoms with Gasteiger partial charge in [0.25, 0.3) is 0 Å². The largest absolute Gasteiger partial charge is 0.469 e. The highest BCUT2D eigenvalue weighted by Gasteiger charge is 2.31. The summed E-state index contributed by atoms with van der Waals surface area (Å²) in [5.74, 6) is 0.917. The first kappa shape index (κ1) is 19.2. The Morgan fingerprint density at radius 2 is 1.64 bits per heavy atom. The van der Waals surface area contributed by atoms with Crippen molar-refractivity contribution in [2.45, 2.75) is 0 Å². The first-order valence-corrected chi connectivity index (χ1v) is 10.1. The predicted molar refractivity (Wildman–Crippen MR) is 113 cm³/mol. The van der Waals surface area contributed by atoms with E-state index in [-0.39, 0.29) is 0 Å². The minimum absolute atomic E-state index is 0.405. The van der Waals surface area contributed by atoms with Crippen molar-refractivity contribution in [3.8, 4) is 28.7 Å². The lowest BCUT2D eigenvalue weighted by atomic mass is 10.1. The SMILES string of the molecule is COc1nc2c(-c3ccc(Cl)cc3)nn(-c3ccc(Br)cc3)[n+]2c(OC)c1Br. The van der Waals surface area contributed by atoms with E-state index in [1.807, 2.05) is 48.5 Å². The van der Waals surface area contributed by atoms with Gasteiger partial charge in [-0.3, -0.25) is 0 Å². The van der Waals surface area contributed by atoms with Gasteiger partial charge < -0.3 is 9.47 Å². The third-order valence-corrected chi connectivity index (χ3v) is 5.59. The third kappa shape index (κ3) is 3.25. The number of ether oxygens (including phenoxy) is 2. The second-order valence-corrected chi connectivity index (χ2v) is 7.95. The van der Waals surface area contributed by atoms with Crippen LogP contribution in [0.5, 0.6) is 11.8 Å². The molecule has 0 saturated carbocycles. The van der Waals surface area contributed by atoms with Crippen LogP contribution in [0.3, 0.4) is 0 Å². The zero-order valence-corrected chi connectivity index (χ0v) is 18.8. The maximum Gasteiger partial charge on any atom is 0.337 e. The molecule has 0 aliphatic rings. The van der Waals surface area contributed by atoms with Crippen molar-refractivity contribution >= 4 is 49.1 Å². The number of rotatable bonds is 4. The fourth-order valence-corrected chi connectivity index (χ4v) is 3.81. The van der Waals surface area contributed by atoms with E-state index >= 15 is 0 Å². The third-order valence-electron chi connectivity index (χ3n) is 4.13. The monoisotopic (exact) mass is 523 g/mol. The molecule has 142 valence electrons. The van der Waals surface area contributed by atoms with Gasteiger partial charge >= 0.3 is 17.4 Å². The molecule has 9 heteroatoms. The summed E-state index contributed by atoms with van der Waals surface area (Å²) >= 11 is 13.0. The standard InChI is InChI=1S/C19H14Br2ClN4O2/c1-27-18-15(21)19(28-2)25-17(23-18)16(11-3-7-13(22)8-4-11)24-26(25)14-9-5-12(20)6-10-14/h3-10H,1-2H3/q+1. The van der Waals surface area contributed by atoms with Gasteiger partial charge in [-0.1, -0.05) is 41.8 Å². The maximum absolute atomic E-state index is 6.05. The van der Waals surface area contributed by atoms with Crippen molar-refractivity contribution in [2.75, 3.05) is 14.2 Å². The molecule has 0 fully saturated rings. The summed E-state index contributed by atoms with van der Waals surface area (Å²) in [6.45, 7) is 0. The van der Waals surface area contributed by atoms with Crippen molar-refractivity contribution in [1.82, 2.24) is 14.9 Å². The smallest absolute Gasteiger partial charge is 0.337 e. The van der Waals surface area contributed by atoms with E-state index < -0.39 is 0 Å². The molecule has 2 aromatic heterocycles. The van der Waals surface area contributed by atoms with Crippen molar-refractivity contribution in [1.29, 1.82) is 0 Å². The molecule has 0 radical (unpaired) electrons. The van der Waals surface area contributed by atoms with E-state index in [1.165, 1.54) is 0 Å². The molecular weight excluding hydrogens is 511 g/mol. The molecular formula is C19H14Br2ClN4O2+. The highest BCUT2D eigenvalue weighted by molar-refractivity contribution is 9.11. The maximum atomic E-state index is 6.05. The quantitative estimate of drug-likeness (QED) is 0.357. The summed E-state index contributed by atoms with van der Waals surface area (Å²) in [5.41, 5.74) is 2.97. The molecule has 0 atom stereocenters. The Bertz CT molecular complexity index is 1160. The lowest BCUT2D eigenvalue weighted by Gasteiger charge is -2.06. The van der Waals surface area contributed by atoms with Gasteiger partial charge in [-0.15, -0.1) is 0 Å². The number of hydrogen-bond donors (Lipinski definition) is 0. The van der Waals surface area contributed by atoms with Crippen LogP contribution in [0.25, 0.3) is 22.6 Å². The van der Waals surface area contributed by atoms with Gasteiger partial charge in [0.05, 0.1) is 14.2 Å². The fourth-order valence-electron chi connectivity index (χ4n) is 2.84. The Hall–Kier alpha value is -2.16. The Balaban J connectivity index is 2.10. The lowest BCUT2D eigenvalue weighted by molar-refractivity contribution is -0.613. The van der Waals surface area contributed by atoms with Gasteiger partial charge in [-0.05, 0) is 69.6 Å². The fraction of sp³-hybridized carbons (Fsp3) is 0.105. The second-order valence-electron chi connectivity index (χ2n) is 5.80. The number of halogens is 3. The first-order chi connectivity index (χ1) is 13.5. The molecule has 4 aromatic rings. The van der Waals surface area contributed by atoms with Crippen molar-refractivity contribution < 1.29 is 14.0 Å². The number of benzene rings is 2. The summed E-state index contributed by atoms with van der Waals surface area (Å²) in [6.07, 6.45) is 0. The summed E-state index contributed by atoms with van der Waals surface area (Å²) in [5, 5.41) is 5.47. The minimum atomic E-state index is 0.405. The average molecular weight is 526 g/mol. The zero-order valence-electron chi connectivity index (χ0n) is 14.9. The number of nitrogens with zero attached hydrogens (tertiary/aromatic N) is 4. The van der Waals surface area contributed by atoms with Crippen LogP contribution >= 0.6 is 43.5 Å². The van der Waals surface area contributed by atoms with Gasteiger partial charge in [0.15, 0.2) is 4.47 Å². The summed E-state index contributed by atoms with van der Waals surface area (Å²) in [6, 6.07) is 15.2. The molecule has 0 bridgehead atoms. The topological polar surface area (TPSA) is 53.3 Å². The number of aromatic nitrogens is 4. The van der Waals surface area contributed by atoms with E-state index in [1.54, 1.807) is 23.5 Å². The molecule has 6 nitrogen and oxygen atoms in total. The van der Waals surface area contributed by atoms with E-state index in [4.69, 9.17) is 26.2 Å². The number of fused-ring (bicyclic) bond motifs is 1. The number of methoxy groups -OCH3 is 2. The van der Waals surface area contributed by atoms with Crippen LogP contribution in [0.15, 0.2) is 57.5 Å². The summed E-state index contributed by atoms with van der Waals surface area (Å²) < 4.78 is 14.4. The molecule has 2 heterocycles. The van der Waals surface area contributed by atoms with E-state index in [9.17, 15) is 0 Å². The Morgan fingerprint density at radius 1 is 0.964 bits per heavy atom. The van der Waals surface area contributed by atoms with Crippen molar-refractivity contribution in [2.24, 2.45) is 0 Å². The van der Waals surface area contributed by atoms with Crippen molar-refractivity contribution in [3.63, 3.8) is 0 Å². The Morgan fingerprint density at radius 3 is 2.25 bits per heavy atom. The molecule has 0 aliphatic carbocycles. The van der Waals surface area contributed by atoms with Crippen LogP contribution in [-0.2, 0) is 0 Å². The number of hydrogen-bond acceptors (Lipinski definition) is 4. The van der Waals surface area contributed by atoms with Crippen LogP contribution in [0, 0.1) is 0 Å².